The lowest BCUT2D eigenvalue weighted by Gasteiger charge is -2.05. The highest BCUT2D eigenvalue weighted by molar-refractivity contribution is 7.90. The Morgan fingerprint density at radius 1 is 1.45 bits per heavy atom. The van der Waals surface area contributed by atoms with Crippen molar-refractivity contribution in [1.82, 2.24) is 9.78 Å². The highest BCUT2D eigenvalue weighted by Crippen LogP contribution is 2.19. The molecule has 2 aromatic rings. The summed E-state index contributed by atoms with van der Waals surface area (Å²) >= 11 is 0. The molecule has 1 N–H and O–H groups in total. The van der Waals surface area contributed by atoms with Gasteiger partial charge in [0.25, 0.3) is 0 Å². The van der Waals surface area contributed by atoms with E-state index in [4.69, 9.17) is 5.11 Å². The van der Waals surface area contributed by atoms with Crippen LogP contribution in [0.25, 0.3) is 0 Å². The van der Waals surface area contributed by atoms with E-state index in [-0.39, 0.29) is 10.6 Å². The second-order valence-electron chi connectivity index (χ2n) is 4.23. The molecule has 0 aliphatic carbocycles. The van der Waals surface area contributed by atoms with E-state index in [1.54, 1.807) is 13.2 Å². The van der Waals surface area contributed by atoms with Gasteiger partial charge in [0.1, 0.15) is 5.82 Å². The predicted molar refractivity (Wildman–Crippen MR) is 67.5 cm³/mol. The van der Waals surface area contributed by atoms with Crippen molar-refractivity contribution >= 4 is 15.8 Å². The molecule has 0 saturated heterocycles. The molecule has 8 heteroatoms. The van der Waals surface area contributed by atoms with Gasteiger partial charge in [-0.15, -0.1) is 0 Å². The fraction of sp³-hybridized carbons (Fsp3) is 0.167. The molecule has 0 aliphatic rings. The maximum atomic E-state index is 13.2. The number of halogens is 1. The third-order valence-electron chi connectivity index (χ3n) is 2.64. The summed E-state index contributed by atoms with van der Waals surface area (Å²) in [5, 5.41) is 12.7. The lowest BCUT2D eigenvalue weighted by atomic mass is 10.2. The van der Waals surface area contributed by atoms with Gasteiger partial charge in [-0.2, -0.15) is 5.10 Å². The van der Waals surface area contributed by atoms with E-state index in [1.165, 1.54) is 10.9 Å². The van der Waals surface area contributed by atoms with Crippen LogP contribution in [0.15, 0.2) is 35.5 Å². The molecule has 0 fully saturated rings. The van der Waals surface area contributed by atoms with Gasteiger partial charge < -0.3 is 5.11 Å². The number of aromatic carboxylic acids is 1. The van der Waals surface area contributed by atoms with Crippen molar-refractivity contribution in [1.29, 1.82) is 0 Å². The smallest absolute Gasteiger partial charge is 0.338 e. The van der Waals surface area contributed by atoms with E-state index >= 15 is 0 Å². The van der Waals surface area contributed by atoms with Crippen LogP contribution in [0.5, 0.6) is 0 Å². The second kappa shape index (κ2) is 5.04. The van der Waals surface area contributed by atoms with Gasteiger partial charge >= 0.3 is 5.97 Å². The topological polar surface area (TPSA) is 89.3 Å². The van der Waals surface area contributed by atoms with Gasteiger partial charge in [0.05, 0.1) is 22.4 Å². The van der Waals surface area contributed by atoms with Gasteiger partial charge in [0, 0.05) is 18.8 Å². The van der Waals surface area contributed by atoms with Crippen LogP contribution in [0, 0.1) is 5.82 Å². The Morgan fingerprint density at radius 3 is 2.70 bits per heavy atom. The third kappa shape index (κ3) is 2.85. The molecule has 0 spiro atoms. The van der Waals surface area contributed by atoms with Crippen molar-refractivity contribution in [3.63, 3.8) is 0 Å². The fourth-order valence-electron chi connectivity index (χ4n) is 1.71. The van der Waals surface area contributed by atoms with E-state index in [2.05, 4.69) is 5.10 Å². The molecule has 0 saturated carbocycles. The van der Waals surface area contributed by atoms with Gasteiger partial charge in [-0.25, -0.2) is 17.6 Å². The van der Waals surface area contributed by atoms with Crippen molar-refractivity contribution in [3.05, 3.63) is 47.5 Å². The molecule has 0 unspecified atom stereocenters. The van der Waals surface area contributed by atoms with Gasteiger partial charge in [0.15, 0.2) is 9.84 Å². The molecule has 106 valence electrons. The van der Waals surface area contributed by atoms with E-state index in [0.29, 0.717) is 5.56 Å². The van der Waals surface area contributed by atoms with Gasteiger partial charge in [-0.3, -0.25) is 4.68 Å². The lowest BCUT2D eigenvalue weighted by Crippen LogP contribution is -2.08. The highest BCUT2D eigenvalue weighted by atomic mass is 32.2. The summed E-state index contributed by atoms with van der Waals surface area (Å²) in [7, 11) is -2.11. The van der Waals surface area contributed by atoms with Crippen molar-refractivity contribution in [2.24, 2.45) is 7.05 Å². The second-order valence-corrected chi connectivity index (χ2v) is 6.22. The van der Waals surface area contributed by atoms with E-state index < -0.39 is 27.2 Å². The van der Waals surface area contributed by atoms with Crippen LogP contribution in [0.4, 0.5) is 4.39 Å². The Hall–Kier alpha value is -2.22. The van der Waals surface area contributed by atoms with Crippen LogP contribution in [0.2, 0.25) is 0 Å². The molecule has 1 aromatic carbocycles. The van der Waals surface area contributed by atoms with E-state index in [0.717, 1.165) is 18.2 Å². The van der Waals surface area contributed by atoms with Crippen molar-refractivity contribution in [3.8, 4) is 0 Å². The van der Waals surface area contributed by atoms with Crippen LogP contribution in [-0.2, 0) is 22.6 Å². The minimum Gasteiger partial charge on any atom is -0.478 e. The zero-order valence-electron chi connectivity index (χ0n) is 10.4. The Kier molecular flexibility index (Phi) is 3.58. The molecule has 20 heavy (non-hydrogen) atoms. The first kappa shape index (κ1) is 14.2. The molecule has 1 heterocycles. The standard InChI is InChI=1S/C12H11FN2O4S/c1-15-6-8(5-14-15)7-20(18,19)9-2-3-11(13)10(4-9)12(16)17/h2-6H,7H2,1H3,(H,16,17). The number of carbonyl (C=O) groups is 1. The van der Waals surface area contributed by atoms with E-state index in [9.17, 15) is 17.6 Å². The Labute approximate surface area is 114 Å². The Morgan fingerprint density at radius 2 is 2.15 bits per heavy atom. The summed E-state index contributed by atoms with van der Waals surface area (Å²) < 4.78 is 39.0. The summed E-state index contributed by atoms with van der Waals surface area (Å²) in [5.41, 5.74) is -0.203. The van der Waals surface area contributed by atoms with Crippen molar-refractivity contribution in [2.75, 3.05) is 0 Å². The average Bonchev–Trinajstić information content (AvgIpc) is 2.73. The van der Waals surface area contributed by atoms with Crippen LogP contribution >= 0.6 is 0 Å². The molecular formula is C12H11FN2O4S. The Bertz CT molecular complexity index is 768. The number of carboxylic acid groups (broad SMARTS) is 1. The summed E-state index contributed by atoms with van der Waals surface area (Å²) in [6.45, 7) is 0. The summed E-state index contributed by atoms with van der Waals surface area (Å²) in [6, 6.07) is 2.70. The number of hydrogen-bond acceptors (Lipinski definition) is 4. The number of rotatable bonds is 4. The molecule has 0 bridgehead atoms. The minimum atomic E-state index is -3.76. The quantitative estimate of drug-likeness (QED) is 0.858. The average molecular weight is 298 g/mol. The monoisotopic (exact) mass is 298 g/mol. The minimum absolute atomic E-state index is 0.236. The summed E-state index contributed by atoms with van der Waals surface area (Å²) in [5.74, 6) is -2.82. The normalized spacial score (nSPS) is 11.5. The van der Waals surface area contributed by atoms with Crippen LogP contribution < -0.4 is 0 Å². The third-order valence-corrected chi connectivity index (χ3v) is 4.33. The van der Waals surface area contributed by atoms with Crippen LogP contribution in [-0.4, -0.2) is 29.3 Å². The maximum absolute atomic E-state index is 13.2. The molecule has 6 nitrogen and oxygen atoms in total. The number of benzene rings is 1. The Balaban J connectivity index is 2.39. The molecule has 0 atom stereocenters. The molecule has 0 aliphatic heterocycles. The molecular weight excluding hydrogens is 287 g/mol. The maximum Gasteiger partial charge on any atom is 0.338 e. The zero-order chi connectivity index (χ0) is 14.9. The number of nitrogens with zero attached hydrogens (tertiary/aromatic N) is 2. The first-order valence-electron chi connectivity index (χ1n) is 5.53. The first-order chi connectivity index (χ1) is 9.29. The number of hydrogen-bond donors (Lipinski definition) is 1. The van der Waals surface area contributed by atoms with Gasteiger partial charge in [0.2, 0.25) is 0 Å². The first-order valence-corrected chi connectivity index (χ1v) is 7.18. The number of sulfone groups is 1. The molecule has 1 aromatic heterocycles. The summed E-state index contributed by atoms with van der Waals surface area (Å²) in [6.07, 6.45) is 2.94. The summed E-state index contributed by atoms with van der Waals surface area (Å²) in [4.78, 5) is 10.6. The lowest BCUT2D eigenvalue weighted by molar-refractivity contribution is 0.0691. The molecule has 0 amide bonds. The SMILES string of the molecule is Cn1cc(CS(=O)(=O)c2ccc(F)c(C(=O)O)c2)cn1. The van der Waals surface area contributed by atoms with Crippen LogP contribution in [0.1, 0.15) is 15.9 Å². The number of carboxylic acids is 1. The van der Waals surface area contributed by atoms with E-state index in [1.807, 2.05) is 0 Å². The predicted octanol–water partition coefficient (Wildman–Crippen LogP) is 1.23. The van der Waals surface area contributed by atoms with Crippen molar-refractivity contribution in [2.45, 2.75) is 10.6 Å². The largest absolute Gasteiger partial charge is 0.478 e. The van der Waals surface area contributed by atoms with Crippen LogP contribution in [0.3, 0.4) is 0 Å². The van der Waals surface area contributed by atoms with Gasteiger partial charge in [-0.05, 0) is 18.2 Å². The van der Waals surface area contributed by atoms with Crippen molar-refractivity contribution < 1.29 is 22.7 Å². The molecule has 2 rings (SSSR count). The fourth-order valence-corrected chi connectivity index (χ4v) is 3.04. The zero-order valence-corrected chi connectivity index (χ0v) is 11.3. The number of aromatic nitrogens is 2. The highest BCUT2D eigenvalue weighted by Gasteiger charge is 2.20. The molecule has 0 radical (unpaired) electrons. The van der Waals surface area contributed by atoms with Gasteiger partial charge in [-0.1, -0.05) is 0 Å². The number of aryl methyl sites for hydroxylation is 1.